The number of rotatable bonds is 6. The first kappa shape index (κ1) is 19.6. The van der Waals surface area contributed by atoms with Crippen LogP contribution in [0, 0.1) is 0 Å². The van der Waals surface area contributed by atoms with Crippen molar-refractivity contribution < 1.29 is 8.42 Å². The molecule has 1 rings (SSSR count). The van der Waals surface area contributed by atoms with Crippen molar-refractivity contribution in [2.75, 3.05) is 38.7 Å². The fourth-order valence-corrected chi connectivity index (χ4v) is 3.57. The van der Waals surface area contributed by atoms with E-state index >= 15 is 0 Å². The van der Waals surface area contributed by atoms with Crippen LogP contribution in [-0.2, 0) is 10.0 Å². The molecule has 0 radical (unpaired) electrons. The molecule has 8 heteroatoms. The number of nitrogens with zero attached hydrogens (tertiary/aromatic N) is 2. The average Bonchev–Trinajstić information content (AvgIpc) is 2.51. The zero-order chi connectivity index (χ0) is 16.8. The van der Waals surface area contributed by atoms with E-state index < -0.39 is 10.0 Å². The monoisotopic (exact) mass is 350 g/mol. The van der Waals surface area contributed by atoms with Gasteiger partial charge in [0.25, 0.3) is 0 Å². The summed E-state index contributed by atoms with van der Waals surface area (Å²) < 4.78 is 25.4. The van der Waals surface area contributed by atoms with E-state index in [0.29, 0.717) is 13.1 Å². The Morgan fingerprint density at radius 1 is 1.36 bits per heavy atom. The van der Waals surface area contributed by atoms with Crippen LogP contribution in [-0.4, -0.2) is 68.2 Å². The lowest BCUT2D eigenvalue weighted by Gasteiger charge is -2.32. The first-order valence-electron chi connectivity index (χ1n) is 7.74. The van der Waals surface area contributed by atoms with Gasteiger partial charge in [-0.3, -0.25) is 4.99 Å². The summed E-state index contributed by atoms with van der Waals surface area (Å²) in [6.07, 6.45) is 3.72. The van der Waals surface area contributed by atoms with Gasteiger partial charge in [0.2, 0.25) is 10.0 Å². The van der Waals surface area contributed by atoms with Crippen LogP contribution in [0.1, 0.15) is 33.6 Å². The molecule has 0 saturated carbocycles. The molecule has 0 bridgehead atoms. The first-order chi connectivity index (χ1) is 10.2. The molecule has 0 aromatic carbocycles. The lowest BCUT2D eigenvalue weighted by Crippen LogP contribution is -2.51. The van der Waals surface area contributed by atoms with Crippen molar-refractivity contribution >= 4 is 27.7 Å². The zero-order valence-electron chi connectivity index (χ0n) is 14.3. The minimum absolute atomic E-state index is 0.149. The number of nitrogens with one attached hydrogen (secondary N) is 2. The molecule has 1 aliphatic rings. The van der Waals surface area contributed by atoms with Crippen LogP contribution in [0.15, 0.2) is 4.99 Å². The van der Waals surface area contributed by atoms with Crippen LogP contribution in [0.5, 0.6) is 0 Å². The van der Waals surface area contributed by atoms with E-state index in [0.717, 1.165) is 25.3 Å². The molecule has 0 aromatic heterocycles. The average molecular weight is 351 g/mol. The number of aliphatic imine (C=N–C) groups is 1. The molecule has 0 aromatic rings. The molecule has 1 saturated heterocycles. The molecule has 0 atom stereocenters. The second-order valence-electron chi connectivity index (χ2n) is 6.11. The molecule has 1 fully saturated rings. The number of guanidine groups is 1. The zero-order valence-corrected chi connectivity index (χ0v) is 16.0. The van der Waals surface area contributed by atoms with Gasteiger partial charge in [-0.25, -0.2) is 12.7 Å². The fraction of sp³-hybridized carbons (Fsp3) is 0.929. The third kappa shape index (κ3) is 5.96. The Labute approximate surface area is 139 Å². The Kier molecular flexibility index (Phi) is 7.48. The highest BCUT2D eigenvalue weighted by atomic mass is 32.2. The molecule has 2 N–H and O–H groups in total. The van der Waals surface area contributed by atoms with Crippen molar-refractivity contribution in [2.45, 2.75) is 44.4 Å². The molecule has 0 spiro atoms. The predicted molar refractivity (Wildman–Crippen MR) is 96.1 cm³/mol. The van der Waals surface area contributed by atoms with Crippen molar-refractivity contribution in [1.82, 2.24) is 14.9 Å². The second kappa shape index (κ2) is 8.40. The maximum Gasteiger partial charge on any atom is 0.213 e. The van der Waals surface area contributed by atoms with Gasteiger partial charge in [-0.1, -0.05) is 0 Å². The summed E-state index contributed by atoms with van der Waals surface area (Å²) in [6, 6.07) is 0.270. The predicted octanol–water partition coefficient (Wildman–Crippen LogP) is 1.11. The van der Waals surface area contributed by atoms with Crippen LogP contribution in [0.4, 0.5) is 0 Å². The van der Waals surface area contributed by atoms with E-state index in [1.807, 2.05) is 11.8 Å². The number of hydrogen-bond donors (Lipinski definition) is 2. The number of piperidine rings is 1. The maximum absolute atomic E-state index is 11.9. The molecule has 22 heavy (non-hydrogen) atoms. The fourth-order valence-electron chi connectivity index (χ4n) is 2.22. The summed E-state index contributed by atoms with van der Waals surface area (Å²) in [5, 5.41) is 6.75. The van der Waals surface area contributed by atoms with E-state index in [1.165, 1.54) is 0 Å². The highest BCUT2D eigenvalue weighted by Gasteiger charge is 2.27. The van der Waals surface area contributed by atoms with E-state index in [9.17, 15) is 8.42 Å². The smallest absolute Gasteiger partial charge is 0.213 e. The summed E-state index contributed by atoms with van der Waals surface area (Å²) in [6.45, 7) is 8.07. The van der Waals surface area contributed by atoms with Gasteiger partial charge in [0, 0.05) is 37.5 Å². The van der Waals surface area contributed by atoms with Crippen LogP contribution >= 0.6 is 11.8 Å². The van der Waals surface area contributed by atoms with Crippen LogP contribution < -0.4 is 10.6 Å². The van der Waals surface area contributed by atoms with E-state index in [-0.39, 0.29) is 16.5 Å². The summed E-state index contributed by atoms with van der Waals surface area (Å²) in [4.78, 5) is 4.26. The molecule has 0 aliphatic carbocycles. The highest BCUT2D eigenvalue weighted by molar-refractivity contribution is 7.99. The van der Waals surface area contributed by atoms with Gasteiger partial charge in [-0.15, -0.1) is 0 Å². The second-order valence-corrected chi connectivity index (χ2v) is 9.88. The first-order valence-corrected chi connectivity index (χ1v) is 10.6. The number of sulfonamides is 1. The molecular weight excluding hydrogens is 320 g/mol. The molecule has 1 aliphatic heterocycles. The normalized spacial score (nSPS) is 19.2. The lowest BCUT2D eigenvalue weighted by atomic mass is 10.1. The lowest BCUT2D eigenvalue weighted by molar-refractivity contribution is 0.306. The quantitative estimate of drug-likeness (QED) is 0.554. The SMILES string of the molecule is CCS(=O)(=O)N1CCC(NC(=NC)NCC(C)(C)SC)CC1. The summed E-state index contributed by atoms with van der Waals surface area (Å²) in [5.74, 6) is 0.969. The Balaban J connectivity index is 2.45. The molecule has 0 unspecified atom stereocenters. The maximum atomic E-state index is 11.9. The number of hydrogen-bond acceptors (Lipinski definition) is 4. The van der Waals surface area contributed by atoms with E-state index in [1.54, 1.807) is 18.3 Å². The third-order valence-electron chi connectivity index (χ3n) is 4.01. The Morgan fingerprint density at radius 2 is 1.95 bits per heavy atom. The highest BCUT2D eigenvalue weighted by Crippen LogP contribution is 2.19. The van der Waals surface area contributed by atoms with Crippen molar-refractivity contribution in [3.05, 3.63) is 0 Å². The Morgan fingerprint density at radius 3 is 2.41 bits per heavy atom. The Hall–Kier alpha value is -0.470. The topological polar surface area (TPSA) is 73.8 Å². The van der Waals surface area contributed by atoms with Gasteiger partial charge in [0.15, 0.2) is 5.96 Å². The summed E-state index contributed by atoms with van der Waals surface area (Å²) in [7, 11) is -1.29. The van der Waals surface area contributed by atoms with Crippen molar-refractivity contribution in [1.29, 1.82) is 0 Å². The molecule has 0 amide bonds. The molecule has 1 heterocycles. The third-order valence-corrected chi connectivity index (χ3v) is 7.14. The van der Waals surface area contributed by atoms with Gasteiger partial charge >= 0.3 is 0 Å². The van der Waals surface area contributed by atoms with E-state index in [2.05, 4.69) is 35.7 Å². The standard InChI is InChI=1S/C14H30N4O2S2/c1-6-22(19,20)18-9-7-12(8-10-18)17-13(15-4)16-11-14(2,3)21-5/h12H,6-11H2,1-5H3,(H2,15,16,17). The molecule has 130 valence electrons. The minimum atomic E-state index is -3.05. The summed E-state index contributed by atoms with van der Waals surface area (Å²) in [5.41, 5.74) is 0. The van der Waals surface area contributed by atoms with Gasteiger partial charge in [-0.2, -0.15) is 11.8 Å². The largest absolute Gasteiger partial charge is 0.355 e. The van der Waals surface area contributed by atoms with Gasteiger partial charge in [0.1, 0.15) is 0 Å². The molecular formula is C14H30N4O2S2. The number of thioether (sulfide) groups is 1. The van der Waals surface area contributed by atoms with Crippen molar-refractivity contribution in [3.63, 3.8) is 0 Å². The molecule has 6 nitrogen and oxygen atoms in total. The van der Waals surface area contributed by atoms with Gasteiger partial charge in [-0.05, 0) is 39.9 Å². The van der Waals surface area contributed by atoms with E-state index in [4.69, 9.17) is 0 Å². The summed E-state index contributed by atoms with van der Waals surface area (Å²) >= 11 is 1.81. The van der Waals surface area contributed by atoms with Crippen molar-refractivity contribution in [2.24, 2.45) is 4.99 Å². The minimum Gasteiger partial charge on any atom is -0.355 e. The van der Waals surface area contributed by atoms with Crippen LogP contribution in [0.25, 0.3) is 0 Å². The van der Waals surface area contributed by atoms with Crippen molar-refractivity contribution in [3.8, 4) is 0 Å². The van der Waals surface area contributed by atoms with Gasteiger partial charge < -0.3 is 10.6 Å². The Bertz CT molecular complexity index is 469. The van der Waals surface area contributed by atoms with Crippen LogP contribution in [0.3, 0.4) is 0 Å². The van der Waals surface area contributed by atoms with Gasteiger partial charge in [0.05, 0.1) is 5.75 Å². The van der Waals surface area contributed by atoms with Crippen LogP contribution in [0.2, 0.25) is 0 Å².